The lowest BCUT2D eigenvalue weighted by Crippen LogP contribution is -2.03. The third-order valence-electron chi connectivity index (χ3n) is 5.69. The van der Waals surface area contributed by atoms with E-state index < -0.39 is 0 Å². The molecular weight excluding hydrogens is 374 g/mol. The maximum Gasteiger partial charge on any atom is 0.168 e. The number of nitrogens with zero attached hydrogens (tertiary/aromatic N) is 5. The largest absolute Gasteiger partial charge is 0.497 e. The summed E-state index contributed by atoms with van der Waals surface area (Å²) < 4.78 is 9.29. The van der Waals surface area contributed by atoms with Gasteiger partial charge in [0, 0.05) is 18.7 Å². The minimum Gasteiger partial charge on any atom is -0.497 e. The highest BCUT2D eigenvalue weighted by atomic mass is 16.5. The van der Waals surface area contributed by atoms with Crippen LogP contribution < -0.4 is 4.74 Å². The Kier molecular flexibility index (Phi) is 4.47. The molecule has 0 aliphatic rings. The Hall–Kier alpha value is -3.67. The van der Waals surface area contributed by atoms with E-state index in [4.69, 9.17) is 14.7 Å². The molecule has 0 N–H and O–H groups in total. The summed E-state index contributed by atoms with van der Waals surface area (Å²) in [5.74, 6) is 1.63. The van der Waals surface area contributed by atoms with Crippen molar-refractivity contribution in [3.05, 3.63) is 89.1 Å². The minimum atomic E-state index is 0.663. The van der Waals surface area contributed by atoms with Crippen LogP contribution >= 0.6 is 0 Å². The molecule has 0 unspecified atom stereocenters. The van der Waals surface area contributed by atoms with Crippen LogP contribution in [-0.4, -0.2) is 31.3 Å². The zero-order chi connectivity index (χ0) is 20.7. The summed E-state index contributed by atoms with van der Waals surface area (Å²) in [6.07, 6.45) is 2.43. The summed E-state index contributed by atoms with van der Waals surface area (Å²) in [6, 6.07) is 18.5. The van der Waals surface area contributed by atoms with Crippen molar-refractivity contribution in [1.29, 1.82) is 0 Å². The molecule has 0 aliphatic heterocycles. The summed E-state index contributed by atoms with van der Waals surface area (Å²) in [7, 11) is 1.67. The molecule has 3 heterocycles. The van der Waals surface area contributed by atoms with Crippen LogP contribution in [0.3, 0.4) is 0 Å². The molecular formula is C24H23N5O. The van der Waals surface area contributed by atoms with Crippen LogP contribution in [0, 0.1) is 13.8 Å². The van der Waals surface area contributed by atoms with Crippen molar-refractivity contribution < 1.29 is 4.74 Å². The van der Waals surface area contributed by atoms with Gasteiger partial charge in [-0.1, -0.05) is 42.5 Å². The molecule has 3 aromatic heterocycles. The zero-order valence-corrected chi connectivity index (χ0v) is 17.3. The van der Waals surface area contributed by atoms with E-state index >= 15 is 0 Å². The lowest BCUT2D eigenvalue weighted by atomic mass is 10.1. The fourth-order valence-corrected chi connectivity index (χ4v) is 3.94. The molecule has 0 bridgehead atoms. The lowest BCUT2D eigenvalue weighted by molar-refractivity contribution is 0.414. The molecule has 0 fully saturated rings. The van der Waals surface area contributed by atoms with E-state index in [1.54, 1.807) is 18.0 Å². The molecule has 2 aromatic carbocycles. The van der Waals surface area contributed by atoms with Crippen molar-refractivity contribution in [3.8, 4) is 5.75 Å². The summed E-state index contributed by atoms with van der Waals surface area (Å²) in [5.41, 5.74) is 6.60. The molecule has 6 nitrogen and oxygen atoms in total. The van der Waals surface area contributed by atoms with Gasteiger partial charge in [-0.05, 0) is 42.7 Å². The lowest BCUT2D eigenvalue weighted by Gasteiger charge is -2.07. The van der Waals surface area contributed by atoms with Gasteiger partial charge in [-0.2, -0.15) is 0 Å². The van der Waals surface area contributed by atoms with E-state index in [1.165, 1.54) is 16.8 Å². The monoisotopic (exact) mass is 397 g/mol. The van der Waals surface area contributed by atoms with Crippen LogP contribution in [0.15, 0.2) is 60.9 Å². The molecule has 5 aromatic rings. The number of aromatic nitrogens is 5. The summed E-state index contributed by atoms with van der Waals surface area (Å²) in [5, 5.41) is 5.74. The van der Waals surface area contributed by atoms with Gasteiger partial charge in [0.2, 0.25) is 0 Å². The van der Waals surface area contributed by atoms with Crippen molar-refractivity contribution in [2.75, 3.05) is 7.11 Å². The Bertz CT molecular complexity index is 1330. The van der Waals surface area contributed by atoms with Crippen LogP contribution in [0.5, 0.6) is 5.75 Å². The quantitative estimate of drug-likeness (QED) is 0.443. The fourth-order valence-electron chi connectivity index (χ4n) is 3.94. The minimum absolute atomic E-state index is 0.663. The number of methoxy groups -OCH3 is 1. The summed E-state index contributed by atoms with van der Waals surface area (Å²) in [4.78, 5) is 9.61. The molecule has 5 rings (SSSR count). The van der Waals surface area contributed by atoms with E-state index in [0.717, 1.165) is 40.4 Å². The van der Waals surface area contributed by atoms with Crippen molar-refractivity contribution in [2.45, 2.75) is 26.8 Å². The first-order valence-electron chi connectivity index (χ1n) is 10.0. The molecule has 30 heavy (non-hydrogen) atoms. The van der Waals surface area contributed by atoms with Gasteiger partial charge < -0.3 is 9.30 Å². The molecule has 0 aliphatic carbocycles. The summed E-state index contributed by atoms with van der Waals surface area (Å²) >= 11 is 0. The third-order valence-corrected chi connectivity index (χ3v) is 5.69. The van der Waals surface area contributed by atoms with Crippen molar-refractivity contribution >= 4 is 16.7 Å². The number of rotatable bonds is 5. The second-order valence-corrected chi connectivity index (χ2v) is 7.55. The number of hydrogen-bond donors (Lipinski definition) is 0. The van der Waals surface area contributed by atoms with E-state index in [9.17, 15) is 0 Å². The standard InChI is InChI=1S/C24H23N5O/c1-16-17(2)28(14-19-7-5-4-6-8-19)23-22(16)24-26-21(27-29(24)15-25-23)13-18-9-11-20(30-3)12-10-18/h4-12,15H,13-14H2,1-3H3. The topological polar surface area (TPSA) is 57.2 Å². The van der Waals surface area contributed by atoms with Gasteiger partial charge in [-0.25, -0.2) is 14.5 Å². The van der Waals surface area contributed by atoms with E-state index in [0.29, 0.717) is 6.42 Å². The maximum absolute atomic E-state index is 5.24. The number of hydrogen-bond acceptors (Lipinski definition) is 4. The van der Waals surface area contributed by atoms with Crippen LogP contribution in [0.2, 0.25) is 0 Å². The highest BCUT2D eigenvalue weighted by Gasteiger charge is 2.18. The Morgan fingerprint density at radius 2 is 1.67 bits per heavy atom. The maximum atomic E-state index is 5.24. The van der Waals surface area contributed by atoms with Gasteiger partial charge >= 0.3 is 0 Å². The first-order chi connectivity index (χ1) is 14.6. The Morgan fingerprint density at radius 1 is 0.900 bits per heavy atom. The molecule has 6 heteroatoms. The predicted molar refractivity (Wildman–Crippen MR) is 117 cm³/mol. The second-order valence-electron chi connectivity index (χ2n) is 7.55. The van der Waals surface area contributed by atoms with Gasteiger partial charge in [0.05, 0.1) is 12.5 Å². The normalized spacial score (nSPS) is 11.4. The zero-order valence-electron chi connectivity index (χ0n) is 17.3. The number of ether oxygens (including phenoxy) is 1. The number of benzene rings is 2. The summed E-state index contributed by atoms with van der Waals surface area (Å²) in [6.45, 7) is 5.07. The van der Waals surface area contributed by atoms with E-state index in [2.05, 4.69) is 47.8 Å². The fraction of sp³-hybridized carbons (Fsp3) is 0.208. The van der Waals surface area contributed by atoms with Crippen molar-refractivity contribution in [3.63, 3.8) is 0 Å². The Morgan fingerprint density at radius 3 is 2.40 bits per heavy atom. The van der Waals surface area contributed by atoms with Gasteiger partial charge in [0.25, 0.3) is 0 Å². The molecule has 0 saturated heterocycles. The first kappa shape index (κ1) is 18.4. The van der Waals surface area contributed by atoms with Crippen LogP contribution in [0.4, 0.5) is 0 Å². The predicted octanol–water partition coefficient (Wildman–Crippen LogP) is 4.34. The molecule has 0 atom stereocenters. The van der Waals surface area contributed by atoms with Crippen LogP contribution in [0.1, 0.15) is 28.2 Å². The van der Waals surface area contributed by atoms with E-state index in [1.807, 2.05) is 30.3 Å². The van der Waals surface area contributed by atoms with Gasteiger partial charge in [0.15, 0.2) is 11.5 Å². The average Bonchev–Trinajstić information content (AvgIpc) is 3.29. The molecule has 150 valence electrons. The van der Waals surface area contributed by atoms with Crippen molar-refractivity contribution in [1.82, 2.24) is 24.1 Å². The average molecular weight is 397 g/mol. The number of aryl methyl sites for hydroxylation is 1. The van der Waals surface area contributed by atoms with Crippen LogP contribution in [-0.2, 0) is 13.0 Å². The van der Waals surface area contributed by atoms with Crippen LogP contribution in [0.25, 0.3) is 16.7 Å². The molecule has 0 spiro atoms. The Labute approximate surface area is 174 Å². The van der Waals surface area contributed by atoms with Crippen molar-refractivity contribution in [2.24, 2.45) is 0 Å². The van der Waals surface area contributed by atoms with Gasteiger partial charge in [0.1, 0.15) is 17.7 Å². The van der Waals surface area contributed by atoms with Gasteiger partial charge in [-0.15, -0.1) is 5.10 Å². The van der Waals surface area contributed by atoms with E-state index in [-0.39, 0.29) is 0 Å². The first-order valence-corrected chi connectivity index (χ1v) is 10.0. The molecule has 0 amide bonds. The Balaban J connectivity index is 1.56. The third kappa shape index (κ3) is 3.10. The smallest absolute Gasteiger partial charge is 0.168 e. The second kappa shape index (κ2) is 7.30. The molecule has 0 radical (unpaired) electrons. The van der Waals surface area contributed by atoms with Gasteiger partial charge in [-0.3, -0.25) is 0 Å². The highest BCUT2D eigenvalue weighted by molar-refractivity contribution is 5.93. The molecule has 0 saturated carbocycles. The SMILES string of the molecule is COc1ccc(Cc2nc3c4c(C)c(C)n(Cc5ccccc5)c4ncn3n2)cc1. The number of fused-ring (bicyclic) bond motifs is 3. The highest BCUT2D eigenvalue weighted by Crippen LogP contribution is 2.28.